The van der Waals surface area contributed by atoms with Crippen LogP contribution in [0.3, 0.4) is 0 Å². The van der Waals surface area contributed by atoms with Crippen LogP contribution in [0.25, 0.3) is 0 Å². The number of amides is 1. The highest BCUT2D eigenvalue weighted by molar-refractivity contribution is 6.53. The molecule has 0 fully saturated rings. The van der Waals surface area contributed by atoms with Crippen LogP contribution in [0.1, 0.15) is 16.7 Å². The minimum Gasteiger partial charge on any atom is -0.398 e. The van der Waals surface area contributed by atoms with Gasteiger partial charge in [0.05, 0.1) is 5.69 Å². The lowest BCUT2D eigenvalue weighted by molar-refractivity contribution is -0.110. The smallest absolute Gasteiger partial charge is 0.278 e. The van der Waals surface area contributed by atoms with Crippen LogP contribution >= 0.6 is 0 Å². The fraction of sp³-hybridized carbons (Fsp3) is 0.333. The van der Waals surface area contributed by atoms with Gasteiger partial charge in [-0.1, -0.05) is 17.3 Å². The molecule has 0 aromatic heterocycles. The van der Waals surface area contributed by atoms with Crippen molar-refractivity contribution in [2.24, 2.45) is 5.16 Å². The second-order valence-corrected chi connectivity index (χ2v) is 4.13. The van der Waals surface area contributed by atoms with Gasteiger partial charge in [0.1, 0.15) is 7.11 Å². The molecule has 0 bridgehead atoms. The minimum atomic E-state index is -0.194. The monoisotopic (exact) mass is 231 g/mol. The fourth-order valence-electron chi connectivity index (χ4n) is 2.38. The Morgan fingerprint density at radius 3 is 3.12 bits per heavy atom. The Bertz CT molecular complexity index is 523. The van der Waals surface area contributed by atoms with Crippen LogP contribution in [0.2, 0.25) is 0 Å². The van der Waals surface area contributed by atoms with Crippen molar-refractivity contribution in [3.8, 4) is 0 Å². The summed E-state index contributed by atoms with van der Waals surface area (Å²) in [7, 11) is 1.44. The molecule has 2 aliphatic rings. The maximum atomic E-state index is 11.8. The average Bonchev–Trinajstić information content (AvgIpc) is 2.67. The standard InChI is InChI=1S/C12H13N3O2/c1-17-15-11-8-3-2-7-4-5-13-6-9(7)10(8)14-12(11)16/h2-3,13H,4-6H2,1H3,(H,14,15,16). The predicted molar refractivity (Wildman–Crippen MR) is 64.0 cm³/mol. The predicted octanol–water partition coefficient (Wildman–Crippen LogP) is 0.635. The lowest BCUT2D eigenvalue weighted by Crippen LogP contribution is -2.24. The van der Waals surface area contributed by atoms with Gasteiger partial charge in [-0.05, 0) is 24.1 Å². The maximum absolute atomic E-state index is 11.8. The van der Waals surface area contributed by atoms with E-state index in [1.165, 1.54) is 18.2 Å². The lowest BCUT2D eigenvalue weighted by atomic mass is 9.96. The Balaban J connectivity index is 2.15. The van der Waals surface area contributed by atoms with Crippen molar-refractivity contribution in [1.82, 2.24) is 5.32 Å². The molecule has 2 heterocycles. The second-order valence-electron chi connectivity index (χ2n) is 4.13. The summed E-state index contributed by atoms with van der Waals surface area (Å²) in [6.45, 7) is 1.78. The van der Waals surface area contributed by atoms with E-state index in [2.05, 4.69) is 21.9 Å². The first-order valence-corrected chi connectivity index (χ1v) is 5.59. The number of oxime groups is 1. The summed E-state index contributed by atoms with van der Waals surface area (Å²) in [6.07, 6.45) is 0.995. The van der Waals surface area contributed by atoms with Crippen LogP contribution in [0.4, 0.5) is 5.69 Å². The topological polar surface area (TPSA) is 62.7 Å². The summed E-state index contributed by atoms with van der Waals surface area (Å²) in [5, 5.41) is 9.96. The van der Waals surface area contributed by atoms with Crippen molar-refractivity contribution in [2.75, 3.05) is 19.0 Å². The van der Waals surface area contributed by atoms with E-state index in [1.54, 1.807) is 0 Å². The number of nitrogens with zero attached hydrogens (tertiary/aromatic N) is 1. The molecule has 17 heavy (non-hydrogen) atoms. The summed E-state index contributed by atoms with van der Waals surface area (Å²) in [4.78, 5) is 16.5. The molecule has 3 rings (SSSR count). The van der Waals surface area contributed by atoms with E-state index in [0.29, 0.717) is 5.71 Å². The van der Waals surface area contributed by atoms with Crippen molar-refractivity contribution >= 4 is 17.3 Å². The number of benzene rings is 1. The molecule has 0 saturated carbocycles. The van der Waals surface area contributed by atoms with E-state index in [0.717, 1.165) is 30.8 Å². The van der Waals surface area contributed by atoms with E-state index in [-0.39, 0.29) is 5.91 Å². The van der Waals surface area contributed by atoms with Gasteiger partial charge in [0, 0.05) is 12.1 Å². The zero-order chi connectivity index (χ0) is 11.8. The van der Waals surface area contributed by atoms with Gasteiger partial charge in [0.15, 0.2) is 5.71 Å². The Morgan fingerprint density at radius 2 is 2.29 bits per heavy atom. The molecule has 5 heteroatoms. The number of hydrogen-bond acceptors (Lipinski definition) is 4. The number of rotatable bonds is 1. The third kappa shape index (κ3) is 1.51. The molecule has 88 valence electrons. The summed E-state index contributed by atoms with van der Waals surface area (Å²) >= 11 is 0. The van der Waals surface area contributed by atoms with E-state index >= 15 is 0 Å². The highest BCUT2D eigenvalue weighted by Gasteiger charge is 2.30. The Morgan fingerprint density at radius 1 is 1.41 bits per heavy atom. The van der Waals surface area contributed by atoms with Gasteiger partial charge < -0.3 is 15.5 Å². The van der Waals surface area contributed by atoms with Gasteiger partial charge in [-0.25, -0.2) is 0 Å². The third-order valence-electron chi connectivity index (χ3n) is 3.17. The first kappa shape index (κ1) is 10.3. The van der Waals surface area contributed by atoms with Crippen LogP contribution in [0.15, 0.2) is 17.3 Å². The summed E-state index contributed by atoms with van der Waals surface area (Å²) in [5.41, 5.74) is 4.54. The molecule has 0 aliphatic carbocycles. The molecule has 0 unspecified atom stereocenters. The molecule has 0 radical (unpaired) electrons. The van der Waals surface area contributed by atoms with Gasteiger partial charge >= 0.3 is 0 Å². The molecule has 0 saturated heterocycles. The lowest BCUT2D eigenvalue weighted by Gasteiger charge is -2.19. The molecular weight excluding hydrogens is 218 g/mol. The molecule has 1 amide bonds. The zero-order valence-electron chi connectivity index (χ0n) is 9.54. The van der Waals surface area contributed by atoms with Crippen LogP contribution in [0, 0.1) is 0 Å². The fourth-order valence-corrected chi connectivity index (χ4v) is 2.38. The quantitative estimate of drug-likeness (QED) is 0.697. The summed E-state index contributed by atoms with van der Waals surface area (Å²) < 4.78 is 0. The molecule has 2 aliphatic heterocycles. The third-order valence-corrected chi connectivity index (χ3v) is 3.17. The molecule has 1 aromatic carbocycles. The molecule has 2 N–H and O–H groups in total. The second kappa shape index (κ2) is 3.85. The van der Waals surface area contributed by atoms with Crippen molar-refractivity contribution in [3.63, 3.8) is 0 Å². The van der Waals surface area contributed by atoms with E-state index < -0.39 is 0 Å². The minimum absolute atomic E-state index is 0.194. The largest absolute Gasteiger partial charge is 0.398 e. The maximum Gasteiger partial charge on any atom is 0.278 e. The molecule has 0 atom stereocenters. The van der Waals surface area contributed by atoms with Crippen molar-refractivity contribution < 1.29 is 9.63 Å². The van der Waals surface area contributed by atoms with Gasteiger partial charge in [-0.3, -0.25) is 4.79 Å². The van der Waals surface area contributed by atoms with Crippen LogP contribution in [-0.4, -0.2) is 25.3 Å². The van der Waals surface area contributed by atoms with Gasteiger partial charge in [-0.15, -0.1) is 0 Å². The number of nitrogens with one attached hydrogen (secondary N) is 2. The number of carbonyl (C=O) groups is 1. The molecule has 5 nitrogen and oxygen atoms in total. The summed E-state index contributed by atoms with van der Waals surface area (Å²) in [5.74, 6) is -0.194. The van der Waals surface area contributed by atoms with Crippen molar-refractivity contribution in [3.05, 3.63) is 28.8 Å². The zero-order valence-corrected chi connectivity index (χ0v) is 9.54. The number of carbonyl (C=O) groups excluding carboxylic acids is 1. The van der Waals surface area contributed by atoms with Gasteiger partial charge in [-0.2, -0.15) is 0 Å². The molecular formula is C12H13N3O2. The number of fused-ring (bicyclic) bond motifs is 3. The van der Waals surface area contributed by atoms with Crippen molar-refractivity contribution in [2.45, 2.75) is 13.0 Å². The number of anilines is 1. The molecule has 1 aromatic rings. The van der Waals surface area contributed by atoms with E-state index in [4.69, 9.17) is 4.84 Å². The van der Waals surface area contributed by atoms with Crippen LogP contribution in [0.5, 0.6) is 0 Å². The highest BCUT2D eigenvalue weighted by atomic mass is 16.6. The van der Waals surface area contributed by atoms with Crippen molar-refractivity contribution in [1.29, 1.82) is 0 Å². The Kier molecular flexibility index (Phi) is 2.33. The average molecular weight is 231 g/mol. The normalized spacial score (nSPS) is 19.8. The van der Waals surface area contributed by atoms with Gasteiger partial charge in [0.2, 0.25) is 0 Å². The van der Waals surface area contributed by atoms with Crippen LogP contribution < -0.4 is 10.6 Å². The van der Waals surface area contributed by atoms with E-state index in [9.17, 15) is 4.79 Å². The van der Waals surface area contributed by atoms with E-state index in [1.807, 2.05) is 6.07 Å². The highest BCUT2D eigenvalue weighted by Crippen LogP contribution is 2.31. The molecule has 0 spiro atoms. The Hall–Kier alpha value is -1.88. The Labute approximate surface area is 98.8 Å². The number of hydrogen-bond donors (Lipinski definition) is 2. The van der Waals surface area contributed by atoms with Gasteiger partial charge in [0.25, 0.3) is 5.91 Å². The SMILES string of the molecule is CO/N=C1/C(=O)Nc2c1ccc1c2CNCC1. The summed E-state index contributed by atoms with van der Waals surface area (Å²) in [6, 6.07) is 4.01. The first-order valence-electron chi connectivity index (χ1n) is 5.59. The van der Waals surface area contributed by atoms with Crippen LogP contribution in [-0.2, 0) is 22.6 Å². The first-order chi connectivity index (χ1) is 8.31.